The van der Waals surface area contributed by atoms with Crippen molar-refractivity contribution < 1.29 is 38.0 Å². The number of ether oxygens (including phenoxy) is 7. The predicted octanol–water partition coefficient (Wildman–Crippen LogP) is 12.5. The third-order valence-electron chi connectivity index (χ3n) is 9.06. The number of hydrogen-bond acceptors (Lipinski definition) is 8. The highest BCUT2D eigenvalue weighted by atomic mass is 16.5. The van der Waals surface area contributed by atoms with E-state index in [9.17, 15) is 4.79 Å². The van der Waals surface area contributed by atoms with E-state index < -0.39 is 5.97 Å². The van der Waals surface area contributed by atoms with Crippen molar-refractivity contribution in [1.82, 2.24) is 0 Å². The van der Waals surface area contributed by atoms with Crippen LogP contribution in [0.15, 0.2) is 54.6 Å². The fourth-order valence-electron chi connectivity index (χ4n) is 5.88. The van der Waals surface area contributed by atoms with E-state index in [0.29, 0.717) is 43.5 Å². The number of hydrogen-bond donors (Lipinski definition) is 0. The summed E-state index contributed by atoms with van der Waals surface area (Å²) in [5.74, 6) is 3.54. The number of carbonyl (C=O) groups excluding carboxylic acids is 1. The van der Waals surface area contributed by atoms with Crippen LogP contribution >= 0.6 is 0 Å². The van der Waals surface area contributed by atoms with E-state index in [1.807, 2.05) is 36.4 Å². The lowest BCUT2D eigenvalue weighted by Gasteiger charge is -2.15. The summed E-state index contributed by atoms with van der Waals surface area (Å²) in [6.07, 6.45) is 18.5. The largest absolute Gasteiger partial charge is 0.493 e. The molecule has 0 atom stereocenters. The lowest BCUT2D eigenvalue weighted by Crippen LogP contribution is -2.06. The molecule has 3 rings (SSSR count). The number of esters is 1. The minimum Gasteiger partial charge on any atom is -0.493 e. The maximum atomic E-state index is 12.7. The smallest absolute Gasteiger partial charge is 0.338 e. The summed E-state index contributed by atoms with van der Waals surface area (Å²) in [4.78, 5) is 12.7. The van der Waals surface area contributed by atoms with Gasteiger partial charge in [0.05, 0.1) is 39.1 Å². The van der Waals surface area contributed by atoms with Crippen LogP contribution in [0.2, 0.25) is 0 Å². The molecule has 0 N–H and O–H groups in total. The molecule has 8 nitrogen and oxygen atoms in total. The van der Waals surface area contributed by atoms with Crippen LogP contribution in [0.25, 0.3) is 0 Å². The molecule has 0 aromatic heterocycles. The Morgan fingerprint density at radius 3 is 1.06 bits per heavy atom. The zero-order valence-electron chi connectivity index (χ0n) is 34.0. The fourth-order valence-corrected chi connectivity index (χ4v) is 5.88. The van der Waals surface area contributed by atoms with E-state index >= 15 is 0 Å². The molecule has 0 radical (unpaired) electrons. The lowest BCUT2D eigenvalue weighted by atomic mass is 10.1. The summed E-state index contributed by atoms with van der Waals surface area (Å²) < 4.78 is 42.1. The Labute approximate surface area is 326 Å². The van der Waals surface area contributed by atoms with Crippen molar-refractivity contribution in [1.29, 1.82) is 0 Å². The summed E-state index contributed by atoms with van der Waals surface area (Å²) in [5, 5.41) is 0. The van der Waals surface area contributed by atoms with E-state index in [1.165, 1.54) is 58.5 Å². The first-order valence-electron chi connectivity index (χ1n) is 20.8. The Morgan fingerprint density at radius 2 is 0.704 bits per heavy atom. The van der Waals surface area contributed by atoms with Crippen LogP contribution in [0.1, 0.15) is 152 Å². The van der Waals surface area contributed by atoms with E-state index in [2.05, 4.69) is 27.7 Å². The maximum absolute atomic E-state index is 12.7. The van der Waals surface area contributed by atoms with Crippen LogP contribution in [-0.4, -0.2) is 39.5 Å². The fraction of sp³-hybridized carbons (Fsp3) is 0.587. The second-order valence-corrected chi connectivity index (χ2v) is 14.0. The Bertz CT molecular complexity index is 1390. The monoisotopic (exact) mass is 748 g/mol. The van der Waals surface area contributed by atoms with Crippen molar-refractivity contribution in [2.45, 2.75) is 144 Å². The van der Waals surface area contributed by atoms with Gasteiger partial charge in [-0.25, -0.2) is 4.79 Å². The standard InChI is InChI=1S/C46H68O8/c1-6-10-14-16-18-20-24-51-42-28-38(29-43(33-42)52-25-21-19-17-15-11-7-2)36-54-45-31-39(46(47)48-5)30-44(34-45)53-35-37-26-40(49-22-12-8-3)32-41(27-37)50-23-13-9-4/h26-34H,6-25,35-36H2,1-5H3. The van der Waals surface area contributed by atoms with Crippen molar-refractivity contribution in [3.05, 3.63) is 71.3 Å². The van der Waals surface area contributed by atoms with Gasteiger partial charge >= 0.3 is 5.97 Å². The SMILES string of the molecule is CCCCCCCCOc1cc(COc2cc(OCc3cc(OCCCC)cc(OCCCC)c3)cc(C(=O)OC)c2)cc(OCCCCCCCC)c1. The predicted molar refractivity (Wildman–Crippen MR) is 218 cm³/mol. The second-order valence-electron chi connectivity index (χ2n) is 14.0. The van der Waals surface area contributed by atoms with Gasteiger partial charge in [0.1, 0.15) is 47.7 Å². The molecule has 3 aromatic carbocycles. The van der Waals surface area contributed by atoms with Gasteiger partial charge in [-0.3, -0.25) is 0 Å². The highest BCUT2D eigenvalue weighted by Gasteiger charge is 2.13. The summed E-state index contributed by atoms with van der Waals surface area (Å²) in [6, 6.07) is 17.0. The highest BCUT2D eigenvalue weighted by molar-refractivity contribution is 5.90. The molecule has 54 heavy (non-hydrogen) atoms. The highest BCUT2D eigenvalue weighted by Crippen LogP contribution is 2.30. The lowest BCUT2D eigenvalue weighted by molar-refractivity contribution is 0.0599. The van der Waals surface area contributed by atoms with Gasteiger partial charge in [-0.15, -0.1) is 0 Å². The van der Waals surface area contributed by atoms with Crippen LogP contribution in [0.5, 0.6) is 34.5 Å². The van der Waals surface area contributed by atoms with Crippen LogP contribution in [0, 0.1) is 0 Å². The topological polar surface area (TPSA) is 81.7 Å². The van der Waals surface area contributed by atoms with Crippen LogP contribution < -0.4 is 28.4 Å². The van der Waals surface area contributed by atoms with Crippen LogP contribution in [0.3, 0.4) is 0 Å². The molecule has 0 amide bonds. The van der Waals surface area contributed by atoms with Crippen molar-refractivity contribution in [2.75, 3.05) is 33.5 Å². The molecule has 300 valence electrons. The molecule has 0 aliphatic carbocycles. The van der Waals surface area contributed by atoms with E-state index in [-0.39, 0.29) is 13.2 Å². The molecule has 0 saturated heterocycles. The van der Waals surface area contributed by atoms with Gasteiger partial charge < -0.3 is 33.2 Å². The maximum Gasteiger partial charge on any atom is 0.338 e. The van der Waals surface area contributed by atoms with E-state index in [0.717, 1.165) is 85.5 Å². The molecule has 0 saturated carbocycles. The van der Waals surface area contributed by atoms with E-state index in [1.54, 1.807) is 18.2 Å². The first-order valence-corrected chi connectivity index (χ1v) is 20.8. The number of benzene rings is 3. The molecule has 0 aliphatic heterocycles. The normalized spacial score (nSPS) is 10.9. The zero-order valence-corrected chi connectivity index (χ0v) is 34.0. The average molecular weight is 749 g/mol. The minimum atomic E-state index is -0.473. The van der Waals surface area contributed by atoms with Crippen molar-refractivity contribution in [2.24, 2.45) is 0 Å². The second kappa shape index (κ2) is 27.5. The van der Waals surface area contributed by atoms with Gasteiger partial charge in [0.15, 0.2) is 0 Å². The van der Waals surface area contributed by atoms with Crippen molar-refractivity contribution in [3.8, 4) is 34.5 Å². The molecule has 0 bridgehead atoms. The Kier molecular flexibility index (Phi) is 22.6. The Hall–Kier alpha value is -4.07. The Balaban J connectivity index is 1.73. The average Bonchev–Trinajstić information content (AvgIpc) is 3.18. The number of carbonyl (C=O) groups is 1. The number of rotatable bonds is 31. The Morgan fingerprint density at radius 1 is 0.389 bits per heavy atom. The molecular weight excluding hydrogens is 680 g/mol. The van der Waals surface area contributed by atoms with Crippen LogP contribution in [-0.2, 0) is 18.0 Å². The van der Waals surface area contributed by atoms with Gasteiger partial charge in [0, 0.05) is 18.2 Å². The molecule has 0 heterocycles. The zero-order chi connectivity index (χ0) is 38.6. The minimum absolute atomic E-state index is 0.247. The van der Waals surface area contributed by atoms with Gasteiger partial charge in [0.2, 0.25) is 0 Å². The molecule has 3 aromatic rings. The van der Waals surface area contributed by atoms with E-state index in [4.69, 9.17) is 33.2 Å². The molecule has 0 fully saturated rings. The number of unbranched alkanes of at least 4 members (excludes halogenated alkanes) is 12. The van der Waals surface area contributed by atoms with Gasteiger partial charge in [0.25, 0.3) is 0 Å². The summed E-state index contributed by atoms with van der Waals surface area (Å²) in [7, 11) is 1.37. The van der Waals surface area contributed by atoms with Crippen molar-refractivity contribution >= 4 is 5.97 Å². The summed E-state index contributed by atoms with van der Waals surface area (Å²) >= 11 is 0. The molecule has 0 spiro atoms. The molecule has 0 aliphatic rings. The van der Waals surface area contributed by atoms with Gasteiger partial charge in [-0.2, -0.15) is 0 Å². The molecule has 8 heteroatoms. The molecular formula is C46H68O8. The quantitative estimate of drug-likeness (QED) is 0.0475. The number of methoxy groups -OCH3 is 1. The van der Waals surface area contributed by atoms with Gasteiger partial charge in [-0.05, 0) is 73.2 Å². The van der Waals surface area contributed by atoms with Gasteiger partial charge in [-0.1, -0.05) is 105 Å². The third-order valence-corrected chi connectivity index (χ3v) is 9.06. The third kappa shape index (κ3) is 18.3. The first kappa shape index (κ1) is 44.3. The summed E-state index contributed by atoms with van der Waals surface area (Å²) in [5.41, 5.74) is 2.15. The molecule has 0 unspecified atom stereocenters. The van der Waals surface area contributed by atoms with Crippen molar-refractivity contribution in [3.63, 3.8) is 0 Å². The van der Waals surface area contributed by atoms with Crippen LogP contribution in [0.4, 0.5) is 0 Å². The summed E-state index contributed by atoms with van der Waals surface area (Å²) in [6.45, 7) is 11.8. The first-order chi connectivity index (χ1) is 26.5.